The van der Waals surface area contributed by atoms with Crippen LogP contribution in [0.2, 0.25) is 0 Å². The van der Waals surface area contributed by atoms with E-state index in [-0.39, 0.29) is 22.9 Å². The monoisotopic (exact) mass is 369 g/mol. The summed E-state index contributed by atoms with van der Waals surface area (Å²) < 4.78 is 1.56. The standard InChI is InChI=1S/C20H27N5O2/c1-14(2)17-8-7-16(19(27)24(17)3)18(26)23-12-15-6-4-11-25(13-15)20-21-9-5-10-22-20/h5,7-10,14-15H,4,6,11-13H2,1-3H3,(H,23,26)/t15-/m0/s1. The summed E-state index contributed by atoms with van der Waals surface area (Å²) in [6, 6.07) is 5.30. The fourth-order valence-corrected chi connectivity index (χ4v) is 3.60. The van der Waals surface area contributed by atoms with Crippen molar-refractivity contribution in [1.29, 1.82) is 0 Å². The summed E-state index contributed by atoms with van der Waals surface area (Å²) in [7, 11) is 1.72. The summed E-state index contributed by atoms with van der Waals surface area (Å²) in [5.74, 6) is 0.962. The minimum atomic E-state index is -0.306. The van der Waals surface area contributed by atoms with Crippen LogP contribution in [0.1, 0.15) is 48.7 Å². The lowest BCUT2D eigenvalue weighted by atomic mass is 9.98. The van der Waals surface area contributed by atoms with E-state index in [2.05, 4.69) is 20.2 Å². The lowest BCUT2D eigenvalue weighted by Gasteiger charge is -2.32. The zero-order valence-electron chi connectivity index (χ0n) is 16.2. The minimum Gasteiger partial charge on any atom is -0.352 e. The Hall–Kier alpha value is -2.70. The molecule has 0 radical (unpaired) electrons. The molecule has 7 heteroatoms. The normalized spacial score (nSPS) is 17.2. The van der Waals surface area contributed by atoms with Crippen LogP contribution in [-0.2, 0) is 7.05 Å². The van der Waals surface area contributed by atoms with Crippen molar-refractivity contribution in [3.05, 3.63) is 52.2 Å². The molecule has 2 aromatic rings. The van der Waals surface area contributed by atoms with Crippen molar-refractivity contribution >= 4 is 11.9 Å². The van der Waals surface area contributed by atoms with E-state index < -0.39 is 0 Å². The molecular weight excluding hydrogens is 342 g/mol. The number of pyridine rings is 1. The second kappa shape index (κ2) is 8.33. The van der Waals surface area contributed by atoms with Gasteiger partial charge >= 0.3 is 0 Å². The van der Waals surface area contributed by atoms with E-state index in [1.165, 1.54) is 0 Å². The van der Waals surface area contributed by atoms with Gasteiger partial charge in [0.25, 0.3) is 11.5 Å². The molecule has 2 aromatic heterocycles. The molecule has 1 fully saturated rings. The van der Waals surface area contributed by atoms with Crippen molar-refractivity contribution in [2.75, 3.05) is 24.5 Å². The summed E-state index contributed by atoms with van der Waals surface area (Å²) in [6.07, 6.45) is 5.55. The lowest BCUT2D eigenvalue weighted by Crippen LogP contribution is -2.42. The maximum atomic E-state index is 12.5. The van der Waals surface area contributed by atoms with Crippen molar-refractivity contribution in [1.82, 2.24) is 19.9 Å². The van der Waals surface area contributed by atoms with Crippen LogP contribution in [0.4, 0.5) is 5.95 Å². The molecule has 1 saturated heterocycles. The first-order valence-electron chi connectivity index (χ1n) is 9.47. The SMILES string of the molecule is CC(C)c1ccc(C(=O)NC[C@@H]2CCCN(c3ncccn3)C2)c(=O)n1C. The summed E-state index contributed by atoms with van der Waals surface area (Å²) in [6.45, 7) is 6.32. The second-order valence-corrected chi connectivity index (χ2v) is 7.40. The number of nitrogens with zero attached hydrogens (tertiary/aromatic N) is 4. The molecule has 0 aliphatic carbocycles. The number of hydrogen-bond acceptors (Lipinski definition) is 5. The summed E-state index contributed by atoms with van der Waals surface area (Å²) >= 11 is 0. The highest BCUT2D eigenvalue weighted by atomic mass is 16.2. The van der Waals surface area contributed by atoms with E-state index in [0.29, 0.717) is 12.5 Å². The summed E-state index contributed by atoms with van der Waals surface area (Å²) in [5, 5.41) is 2.94. The van der Waals surface area contributed by atoms with Crippen LogP contribution >= 0.6 is 0 Å². The van der Waals surface area contributed by atoms with Gasteiger partial charge < -0.3 is 14.8 Å². The average molecular weight is 369 g/mol. The topological polar surface area (TPSA) is 80.1 Å². The highest BCUT2D eigenvalue weighted by Crippen LogP contribution is 2.19. The smallest absolute Gasteiger partial charge is 0.263 e. The average Bonchev–Trinajstić information content (AvgIpc) is 2.69. The molecule has 0 unspecified atom stereocenters. The number of carbonyl (C=O) groups is 1. The molecule has 0 aromatic carbocycles. The Balaban J connectivity index is 1.62. The van der Waals surface area contributed by atoms with Crippen molar-refractivity contribution in [3.63, 3.8) is 0 Å². The number of anilines is 1. The van der Waals surface area contributed by atoms with Gasteiger partial charge in [-0.1, -0.05) is 13.8 Å². The Morgan fingerprint density at radius 2 is 2.04 bits per heavy atom. The quantitative estimate of drug-likeness (QED) is 0.871. The Labute approximate surface area is 159 Å². The first-order valence-corrected chi connectivity index (χ1v) is 9.47. The first kappa shape index (κ1) is 19.1. The third-order valence-corrected chi connectivity index (χ3v) is 5.08. The molecule has 144 valence electrons. The van der Waals surface area contributed by atoms with Gasteiger partial charge in [-0.05, 0) is 42.9 Å². The number of amides is 1. The third kappa shape index (κ3) is 4.35. The van der Waals surface area contributed by atoms with Gasteiger partial charge in [0, 0.05) is 44.8 Å². The largest absolute Gasteiger partial charge is 0.352 e. The number of piperidine rings is 1. The molecule has 7 nitrogen and oxygen atoms in total. The Bertz CT molecular complexity index is 847. The number of nitrogens with one attached hydrogen (secondary N) is 1. The number of rotatable bonds is 5. The van der Waals surface area contributed by atoms with Crippen molar-refractivity contribution in [2.24, 2.45) is 13.0 Å². The Morgan fingerprint density at radius 3 is 2.74 bits per heavy atom. The highest BCUT2D eigenvalue weighted by Gasteiger charge is 2.23. The van der Waals surface area contributed by atoms with Crippen LogP contribution < -0.4 is 15.8 Å². The number of carbonyl (C=O) groups excluding carboxylic acids is 1. The number of aromatic nitrogens is 3. The van der Waals surface area contributed by atoms with Gasteiger partial charge in [-0.2, -0.15) is 0 Å². The maximum Gasteiger partial charge on any atom is 0.263 e. The lowest BCUT2D eigenvalue weighted by molar-refractivity contribution is 0.0943. The molecule has 27 heavy (non-hydrogen) atoms. The second-order valence-electron chi connectivity index (χ2n) is 7.40. The fourth-order valence-electron chi connectivity index (χ4n) is 3.60. The predicted octanol–water partition coefficient (Wildman–Crippen LogP) is 1.95. The molecule has 1 amide bonds. The highest BCUT2D eigenvalue weighted by molar-refractivity contribution is 5.93. The van der Waals surface area contributed by atoms with Gasteiger partial charge in [0.15, 0.2) is 0 Å². The van der Waals surface area contributed by atoms with Crippen molar-refractivity contribution in [3.8, 4) is 0 Å². The first-order chi connectivity index (χ1) is 13.0. The van der Waals surface area contributed by atoms with E-state index >= 15 is 0 Å². The van der Waals surface area contributed by atoms with Crippen LogP contribution in [0, 0.1) is 5.92 Å². The predicted molar refractivity (Wildman–Crippen MR) is 105 cm³/mol. The van der Waals surface area contributed by atoms with Crippen molar-refractivity contribution in [2.45, 2.75) is 32.6 Å². The molecule has 1 aliphatic heterocycles. The van der Waals surface area contributed by atoms with E-state index in [9.17, 15) is 9.59 Å². The van der Waals surface area contributed by atoms with Crippen molar-refractivity contribution < 1.29 is 4.79 Å². The summed E-state index contributed by atoms with van der Waals surface area (Å²) in [4.78, 5) is 35.8. The van der Waals surface area contributed by atoms with Gasteiger partial charge in [-0.25, -0.2) is 9.97 Å². The molecule has 0 saturated carbocycles. The fraction of sp³-hybridized carbons (Fsp3) is 0.500. The Kier molecular flexibility index (Phi) is 5.88. The Morgan fingerprint density at radius 1 is 1.30 bits per heavy atom. The van der Waals surface area contributed by atoms with Gasteiger partial charge in [-0.3, -0.25) is 9.59 Å². The zero-order chi connectivity index (χ0) is 19.4. The van der Waals surface area contributed by atoms with E-state index in [0.717, 1.165) is 37.6 Å². The molecule has 3 heterocycles. The molecule has 1 aliphatic rings. The van der Waals surface area contributed by atoms with Gasteiger partial charge in [0.05, 0.1) is 0 Å². The van der Waals surface area contributed by atoms with Gasteiger partial charge in [0.2, 0.25) is 5.95 Å². The number of hydrogen-bond donors (Lipinski definition) is 1. The molecule has 0 spiro atoms. The van der Waals surface area contributed by atoms with Gasteiger partial charge in [0.1, 0.15) is 5.56 Å². The van der Waals surface area contributed by atoms with Crippen LogP contribution in [-0.4, -0.2) is 40.1 Å². The van der Waals surface area contributed by atoms with Gasteiger partial charge in [-0.15, -0.1) is 0 Å². The minimum absolute atomic E-state index is 0.195. The molecular formula is C20H27N5O2. The maximum absolute atomic E-state index is 12.5. The van der Waals surface area contributed by atoms with Crippen LogP contribution in [0.25, 0.3) is 0 Å². The van der Waals surface area contributed by atoms with E-state index in [1.807, 2.05) is 19.9 Å². The van der Waals surface area contributed by atoms with Crippen LogP contribution in [0.3, 0.4) is 0 Å². The molecule has 0 bridgehead atoms. The summed E-state index contributed by atoms with van der Waals surface area (Å²) in [5.41, 5.74) is 0.866. The van der Waals surface area contributed by atoms with E-state index in [4.69, 9.17) is 0 Å². The van der Waals surface area contributed by atoms with Crippen LogP contribution in [0.5, 0.6) is 0 Å². The molecule has 1 N–H and O–H groups in total. The van der Waals surface area contributed by atoms with Crippen LogP contribution in [0.15, 0.2) is 35.4 Å². The van der Waals surface area contributed by atoms with E-state index in [1.54, 1.807) is 36.1 Å². The zero-order valence-corrected chi connectivity index (χ0v) is 16.2. The molecule has 1 atom stereocenters. The third-order valence-electron chi connectivity index (χ3n) is 5.08. The molecule has 3 rings (SSSR count).